The van der Waals surface area contributed by atoms with Gasteiger partial charge < -0.3 is 12.9 Å². The largest absolute Gasteiger partial charge is 0.502 e. The summed E-state index contributed by atoms with van der Waals surface area (Å²) in [5.41, 5.74) is 1.35. The maximum Gasteiger partial charge on any atom is 0.502 e. The highest BCUT2D eigenvalue weighted by Gasteiger charge is 2.16. The highest BCUT2D eigenvalue weighted by Crippen LogP contribution is 2.12. The third-order valence-electron chi connectivity index (χ3n) is 1.74. The zero-order valence-electron chi connectivity index (χ0n) is 7.75. The summed E-state index contributed by atoms with van der Waals surface area (Å²) >= 11 is 0. The molecule has 1 nitrogen and oxygen atoms in total. The lowest BCUT2D eigenvalue weighted by atomic mass is 9.91. The van der Waals surface area contributed by atoms with E-state index in [4.69, 9.17) is 0 Å². The monoisotopic (exact) mass is 200 g/mol. The third kappa shape index (κ3) is 3.64. The summed E-state index contributed by atoms with van der Waals surface area (Å²) in [6.45, 7) is -2.90. The molecule has 0 radical (unpaired) electrons. The Morgan fingerprint density at radius 1 is 1.36 bits per heavy atom. The summed E-state index contributed by atoms with van der Waals surface area (Å²) in [6.07, 6.45) is 3.41. The Morgan fingerprint density at radius 3 is 2.50 bits per heavy atom. The number of nitrogens with zero attached hydrogens (tertiary/aromatic N) is 1. The van der Waals surface area contributed by atoms with Gasteiger partial charge in [0, 0.05) is 6.20 Å². The molecular weight excluding hydrogens is 190 g/mol. The van der Waals surface area contributed by atoms with Crippen molar-refractivity contribution >= 4 is 13.1 Å². The van der Waals surface area contributed by atoms with E-state index in [0.717, 1.165) is 18.1 Å². The van der Waals surface area contributed by atoms with Gasteiger partial charge in [0.1, 0.15) is 0 Å². The lowest BCUT2D eigenvalue weighted by Crippen LogP contribution is -2.09. The summed E-state index contributed by atoms with van der Waals surface area (Å²) in [5, 5.41) is 0. The molecule has 1 aromatic rings. The van der Waals surface area contributed by atoms with E-state index in [2.05, 4.69) is 4.98 Å². The summed E-state index contributed by atoms with van der Waals surface area (Å²) < 4.78 is 35.5. The molecule has 0 saturated carbocycles. The predicted octanol–water partition coefficient (Wildman–Crippen LogP) is 3.04. The molecule has 0 N–H and O–H groups in total. The lowest BCUT2D eigenvalue weighted by molar-refractivity contribution is 0.499. The van der Waals surface area contributed by atoms with Gasteiger partial charge >= 0.3 is 6.98 Å². The Hall–Kier alpha value is -1.26. The predicted molar refractivity (Wildman–Crippen MR) is 51.7 cm³/mol. The number of aryl methyl sites for hydroxylation is 1. The number of aromatic nitrogens is 1. The normalized spacial score (nSPS) is 12.3. The minimum Gasteiger partial charge on any atom is -0.445 e. The van der Waals surface area contributed by atoms with E-state index < -0.39 is 6.98 Å². The smallest absolute Gasteiger partial charge is 0.445 e. The molecule has 0 spiro atoms. The van der Waals surface area contributed by atoms with E-state index in [-0.39, 0.29) is 5.98 Å². The molecule has 0 aromatic carbocycles. The number of hydrogen-bond donors (Lipinski definition) is 0. The van der Waals surface area contributed by atoms with Gasteiger partial charge in [-0.3, -0.25) is 4.98 Å². The molecule has 0 amide bonds. The second-order valence-corrected chi connectivity index (χ2v) is 2.93. The SMILES string of the molecule is CCc1ccc(/C=C/[B-](F)(F)F)nc1. The molecule has 0 bridgehead atoms. The number of hydrogen-bond acceptors (Lipinski definition) is 1. The highest BCUT2D eigenvalue weighted by atomic mass is 19.4. The van der Waals surface area contributed by atoms with Crippen LogP contribution in [-0.4, -0.2) is 12.0 Å². The zero-order valence-corrected chi connectivity index (χ0v) is 7.75. The topological polar surface area (TPSA) is 12.9 Å². The molecule has 1 heterocycles. The van der Waals surface area contributed by atoms with Crippen molar-refractivity contribution in [1.29, 1.82) is 0 Å². The summed E-state index contributed by atoms with van der Waals surface area (Å²) in [5.74, 6) is 0.244. The molecule has 1 aromatic heterocycles. The minimum atomic E-state index is -4.86. The summed E-state index contributed by atoms with van der Waals surface area (Å²) in [7, 11) is 0. The molecule has 76 valence electrons. The standard InChI is InChI=1S/C9H10BF3N/c1-2-8-3-4-9(14-7-8)5-6-10(11,12)13/h3-7H,2H2,1H3/q-1/b6-5+. The van der Waals surface area contributed by atoms with Gasteiger partial charge in [0.05, 0.1) is 5.69 Å². The molecule has 0 saturated heterocycles. The Morgan fingerprint density at radius 2 is 2.07 bits per heavy atom. The molecule has 5 heteroatoms. The fourth-order valence-electron chi connectivity index (χ4n) is 0.951. The van der Waals surface area contributed by atoms with Crippen LogP contribution in [0.25, 0.3) is 6.08 Å². The van der Waals surface area contributed by atoms with Crippen LogP contribution in [0.4, 0.5) is 12.9 Å². The van der Waals surface area contributed by atoms with Gasteiger partial charge in [-0.2, -0.15) is 0 Å². The molecule has 0 aliphatic rings. The molecule has 0 unspecified atom stereocenters. The first-order chi connectivity index (χ1) is 6.51. The molecule has 1 rings (SSSR count). The average molecular weight is 200 g/mol. The number of rotatable bonds is 3. The van der Waals surface area contributed by atoms with Crippen LogP contribution < -0.4 is 0 Å². The molecular formula is C9H10BF3N-. The van der Waals surface area contributed by atoms with Crippen molar-refractivity contribution in [3.63, 3.8) is 0 Å². The van der Waals surface area contributed by atoms with E-state index in [1.54, 1.807) is 18.3 Å². The van der Waals surface area contributed by atoms with Crippen LogP contribution in [0.3, 0.4) is 0 Å². The van der Waals surface area contributed by atoms with Gasteiger partial charge in [-0.1, -0.05) is 19.1 Å². The van der Waals surface area contributed by atoms with Crippen LogP contribution in [0.5, 0.6) is 0 Å². The Bertz CT molecular complexity index is 316. The Labute approximate surface area is 80.7 Å². The van der Waals surface area contributed by atoms with Gasteiger partial charge in [0.25, 0.3) is 0 Å². The molecule has 0 atom stereocenters. The van der Waals surface area contributed by atoms with E-state index in [9.17, 15) is 12.9 Å². The van der Waals surface area contributed by atoms with Crippen molar-refractivity contribution in [1.82, 2.24) is 4.98 Å². The van der Waals surface area contributed by atoms with Crippen molar-refractivity contribution in [3.05, 3.63) is 35.6 Å². The van der Waals surface area contributed by atoms with Crippen molar-refractivity contribution in [2.45, 2.75) is 13.3 Å². The van der Waals surface area contributed by atoms with Crippen LogP contribution in [-0.2, 0) is 6.42 Å². The van der Waals surface area contributed by atoms with Gasteiger partial charge in [-0.25, -0.2) is 0 Å². The van der Waals surface area contributed by atoms with Crippen molar-refractivity contribution in [2.75, 3.05) is 0 Å². The van der Waals surface area contributed by atoms with Crippen LogP contribution in [0.1, 0.15) is 18.2 Å². The fourth-order valence-corrected chi connectivity index (χ4v) is 0.951. The maximum atomic E-state index is 11.8. The fraction of sp³-hybridized carbons (Fsp3) is 0.222. The Kier molecular flexibility index (Phi) is 3.33. The zero-order chi connectivity index (χ0) is 10.6. The van der Waals surface area contributed by atoms with Gasteiger partial charge in [-0.05, 0) is 18.1 Å². The quantitative estimate of drug-likeness (QED) is 0.683. The molecule has 0 aliphatic carbocycles. The summed E-state index contributed by atoms with van der Waals surface area (Å²) in [4.78, 5) is 3.88. The first kappa shape index (κ1) is 10.8. The Balaban J connectivity index is 2.74. The number of pyridine rings is 1. The second kappa shape index (κ2) is 4.31. The number of halogens is 3. The van der Waals surface area contributed by atoms with E-state index in [1.165, 1.54) is 0 Å². The van der Waals surface area contributed by atoms with Crippen molar-refractivity contribution < 1.29 is 12.9 Å². The van der Waals surface area contributed by atoms with E-state index in [1.807, 2.05) is 6.92 Å². The van der Waals surface area contributed by atoms with Crippen LogP contribution in [0.2, 0.25) is 0 Å². The third-order valence-corrected chi connectivity index (χ3v) is 1.74. The van der Waals surface area contributed by atoms with Crippen LogP contribution in [0, 0.1) is 0 Å². The van der Waals surface area contributed by atoms with Crippen LogP contribution in [0.15, 0.2) is 24.3 Å². The first-order valence-corrected chi connectivity index (χ1v) is 4.35. The molecule has 0 fully saturated rings. The van der Waals surface area contributed by atoms with Gasteiger partial charge in [-0.15, -0.1) is 5.98 Å². The van der Waals surface area contributed by atoms with Crippen molar-refractivity contribution in [2.24, 2.45) is 0 Å². The second-order valence-electron chi connectivity index (χ2n) is 2.93. The molecule has 14 heavy (non-hydrogen) atoms. The maximum absolute atomic E-state index is 11.8. The van der Waals surface area contributed by atoms with Crippen LogP contribution >= 0.6 is 0 Å². The average Bonchev–Trinajstić information content (AvgIpc) is 2.14. The van der Waals surface area contributed by atoms with E-state index >= 15 is 0 Å². The molecule has 0 aliphatic heterocycles. The van der Waals surface area contributed by atoms with E-state index in [0.29, 0.717) is 5.69 Å². The van der Waals surface area contributed by atoms with Crippen molar-refractivity contribution in [3.8, 4) is 0 Å². The van der Waals surface area contributed by atoms with Gasteiger partial charge in [0.2, 0.25) is 0 Å². The lowest BCUT2D eigenvalue weighted by Gasteiger charge is -2.05. The minimum absolute atomic E-state index is 0.244. The first-order valence-electron chi connectivity index (χ1n) is 4.35. The van der Waals surface area contributed by atoms with Gasteiger partial charge in [0.15, 0.2) is 0 Å². The highest BCUT2D eigenvalue weighted by molar-refractivity contribution is 6.64. The summed E-state index contributed by atoms with van der Waals surface area (Å²) in [6, 6.07) is 3.35.